The Bertz CT molecular complexity index is 1820. The van der Waals surface area contributed by atoms with Crippen molar-refractivity contribution in [3.63, 3.8) is 0 Å². The third-order valence-corrected chi connectivity index (χ3v) is 7.34. The minimum Gasteiger partial charge on any atom is -0.503 e. The summed E-state index contributed by atoms with van der Waals surface area (Å²) in [5.74, 6) is -1.72. The molecule has 0 saturated heterocycles. The number of carbonyl (C=O) groups is 2. The van der Waals surface area contributed by atoms with Gasteiger partial charge < -0.3 is 14.5 Å². The van der Waals surface area contributed by atoms with Crippen LogP contribution in [0.1, 0.15) is 54.1 Å². The fraction of sp³-hybridized carbons (Fsp3) is 0.194. The van der Waals surface area contributed by atoms with Crippen LogP contribution in [0.15, 0.2) is 82.5 Å². The molecule has 1 aliphatic heterocycles. The summed E-state index contributed by atoms with van der Waals surface area (Å²) in [6, 6.07) is 19.1. The van der Waals surface area contributed by atoms with Gasteiger partial charge in [0.05, 0.1) is 22.6 Å². The molecule has 1 unspecified atom stereocenters. The van der Waals surface area contributed by atoms with Gasteiger partial charge >= 0.3 is 0 Å². The number of imidazole rings is 1. The summed E-state index contributed by atoms with van der Waals surface area (Å²) in [5, 5.41) is 12.3. The Hall–Kier alpha value is -4.36. The average Bonchev–Trinajstić information content (AvgIpc) is 3.57. The molecule has 0 saturated carbocycles. The number of benzene rings is 3. The highest BCUT2D eigenvalue weighted by Crippen LogP contribution is 2.42. The van der Waals surface area contributed by atoms with Gasteiger partial charge in [-0.25, -0.2) is 4.98 Å². The first-order chi connectivity index (χ1) is 18.5. The lowest BCUT2D eigenvalue weighted by Crippen LogP contribution is -2.32. The maximum Gasteiger partial charge on any atom is 0.296 e. The van der Waals surface area contributed by atoms with Crippen molar-refractivity contribution in [1.29, 1.82) is 0 Å². The number of aliphatic hydroxyl groups is 1. The number of rotatable bonds is 4. The van der Waals surface area contributed by atoms with E-state index in [1.54, 1.807) is 24.3 Å². The smallest absolute Gasteiger partial charge is 0.296 e. The zero-order valence-electron chi connectivity index (χ0n) is 21.9. The van der Waals surface area contributed by atoms with E-state index in [4.69, 9.17) is 16.0 Å². The van der Waals surface area contributed by atoms with Crippen LogP contribution in [0, 0.1) is 6.92 Å². The molecule has 1 amide bonds. The van der Waals surface area contributed by atoms with E-state index >= 15 is 0 Å². The van der Waals surface area contributed by atoms with Gasteiger partial charge in [-0.05, 0) is 65.4 Å². The number of aliphatic hydroxyl groups excluding tert-OH is 1. The molecule has 0 aliphatic carbocycles. The topological polar surface area (TPSA) is 99.4 Å². The second-order valence-electron chi connectivity index (χ2n) is 10.9. The monoisotopic (exact) mass is 539 g/mol. The first-order valence-corrected chi connectivity index (χ1v) is 13.0. The quantitative estimate of drug-likeness (QED) is 0.232. The van der Waals surface area contributed by atoms with Gasteiger partial charge in [0.1, 0.15) is 5.58 Å². The Labute approximate surface area is 229 Å². The first kappa shape index (κ1) is 24.9. The van der Waals surface area contributed by atoms with E-state index in [1.807, 2.05) is 49.4 Å². The molecule has 7 nitrogen and oxygen atoms in total. The Morgan fingerprint density at radius 1 is 1.05 bits per heavy atom. The number of aromatic nitrogens is 2. The molecular weight excluding hydrogens is 514 g/mol. The Morgan fingerprint density at radius 2 is 1.79 bits per heavy atom. The number of anilines is 1. The van der Waals surface area contributed by atoms with Crippen molar-refractivity contribution in [1.82, 2.24) is 9.97 Å². The van der Waals surface area contributed by atoms with Crippen LogP contribution in [0.2, 0.25) is 5.02 Å². The van der Waals surface area contributed by atoms with E-state index in [0.29, 0.717) is 27.1 Å². The molecule has 8 heteroatoms. The largest absolute Gasteiger partial charge is 0.503 e. The Morgan fingerprint density at radius 3 is 2.51 bits per heavy atom. The van der Waals surface area contributed by atoms with E-state index in [2.05, 4.69) is 30.7 Å². The van der Waals surface area contributed by atoms with Crippen LogP contribution in [-0.4, -0.2) is 26.8 Å². The SMILES string of the molecule is Cc1ccc2nc(N3C(=O)C(O)=C(C(=O)c4cc5cc(Cl)ccc5o4)C3c3ccc(C(C)(C)C)cc3)[nH]c2c1. The lowest BCUT2D eigenvalue weighted by Gasteiger charge is -2.25. The van der Waals surface area contributed by atoms with E-state index in [0.717, 1.165) is 16.6 Å². The van der Waals surface area contributed by atoms with Gasteiger partial charge in [0.15, 0.2) is 11.5 Å². The standard InChI is InChI=1S/C31H26ClN3O4/c1-16-5-11-21-22(13-16)34-30(33-21)35-26(17-6-8-19(9-7-17)31(2,3)4)25(28(37)29(35)38)27(36)24-15-18-14-20(32)10-12-23(18)39-24/h5-15,26,37H,1-4H3,(H,33,34). The predicted molar refractivity (Wildman–Crippen MR) is 151 cm³/mol. The number of hydrogen-bond donors (Lipinski definition) is 2. The van der Waals surface area contributed by atoms with Crippen LogP contribution < -0.4 is 4.90 Å². The van der Waals surface area contributed by atoms with Crippen LogP contribution in [0.4, 0.5) is 5.95 Å². The van der Waals surface area contributed by atoms with E-state index < -0.39 is 23.5 Å². The number of amides is 1. The number of carbonyl (C=O) groups excluding carboxylic acids is 2. The molecule has 0 bridgehead atoms. The number of halogens is 1. The van der Waals surface area contributed by atoms with Crippen LogP contribution in [0.3, 0.4) is 0 Å². The van der Waals surface area contributed by atoms with E-state index in [-0.39, 0.29) is 22.7 Å². The lowest BCUT2D eigenvalue weighted by atomic mass is 9.85. The number of furan rings is 1. The van der Waals surface area contributed by atoms with Crippen molar-refractivity contribution in [2.75, 3.05) is 4.90 Å². The molecule has 5 aromatic rings. The number of hydrogen-bond acceptors (Lipinski definition) is 5. The number of ketones is 1. The van der Waals surface area contributed by atoms with E-state index in [9.17, 15) is 14.7 Å². The molecule has 0 spiro atoms. The summed E-state index contributed by atoms with van der Waals surface area (Å²) in [7, 11) is 0. The highest BCUT2D eigenvalue weighted by Gasteiger charge is 2.46. The third kappa shape index (κ3) is 4.19. The zero-order valence-corrected chi connectivity index (χ0v) is 22.6. The van der Waals surface area contributed by atoms with Crippen molar-refractivity contribution in [3.8, 4) is 0 Å². The highest BCUT2D eigenvalue weighted by molar-refractivity contribution is 6.31. The minimum atomic E-state index is -0.933. The normalized spacial score (nSPS) is 16.2. The molecule has 0 radical (unpaired) electrons. The third-order valence-electron chi connectivity index (χ3n) is 7.10. The molecule has 3 heterocycles. The van der Waals surface area contributed by atoms with E-state index in [1.165, 1.54) is 4.90 Å². The molecule has 2 N–H and O–H groups in total. The molecule has 0 fully saturated rings. The van der Waals surface area contributed by atoms with Gasteiger partial charge in [0, 0.05) is 10.4 Å². The number of nitrogens with one attached hydrogen (secondary N) is 1. The van der Waals surface area contributed by atoms with Gasteiger partial charge in [-0.1, -0.05) is 62.7 Å². The minimum absolute atomic E-state index is 0.00000847. The van der Waals surface area contributed by atoms with Crippen LogP contribution in [0.25, 0.3) is 22.0 Å². The molecule has 3 aromatic carbocycles. The second-order valence-corrected chi connectivity index (χ2v) is 11.4. The van der Waals surface area contributed by atoms with Crippen molar-refractivity contribution in [2.45, 2.75) is 39.2 Å². The maximum atomic E-state index is 13.9. The second kappa shape index (κ2) is 8.85. The number of aryl methyl sites for hydroxylation is 1. The fourth-order valence-electron chi connectivity index (χ4n) is 5.02. The number of nitrogens with zero attached hydrogens (tertiary/aromatic N) is 2. The van der Waals surface area contributed by atoms with Gasteiger partial charge in [-0.15, -0.1) is 0 Å². The van der Waals surface area contributed by atoms with Gasteiger partial charge in [0.25, 0.3) is 5.91 Å². The summed E-state index contributed by atoms with van der Waals surface area (Å²) in [6.07, 6.45) is 0. The molecule has 196 valence electrons. The van der Waals surface area contributed by atoms with Crippen molar-refractivity contribution >= 4 is 51.2 Å². The maximum absolute atomic E-state index is 13.9. The first-order valence-electron chi connectivity index (χ1n) is 12.6. The van der Waals surface area contributed by atoms with Crippen LogP contribution in [-0.2, 0) is 10.2 Å². The lowest BCUT2D eigenvalue weighted by molar-refractivity contribution is -0.117. The summed E-state index contributed by atoms with van der Waals surface area (Å²) >= 11 is 6.12. The summed E-state index contributed by atoms with van der Waals surface area (Å²) in [4.78, 5) is 36.6. The number of aromatic amines is 1. The molecule has 1 aliphatic rings. The highest BCUT2D eigenvalue weighted by atomic mass is 35.5. The fourth-order valence-corrected chi connectivity index (χ4v) is 5.20. The Kier molecular flexibility index (Phi) is 5.66. The number of H-pyrrole nitrogens is 1. The van der Waals surface area contributed by atoms with Gasteiger partial charge in [0.2, 0.25) is 11.7 Å². The number of fused-ring (bicyclic) bond motifs is 2. The predicted octanol–water partition coefficient (Wildman–Crippen LogP) is 7.35. The summed E-state index contributed by atoms with van der Waals surface area (Å²) in [6.45, 7) is 8.29. The van der Waals surface area contributed by atoms with Crippen molar-refractivity contribution in [3.05, 3.63) is 106 Å². The number of Topliss-reactive ketones (excluding diaryl/α,β-unsaturated/α-hetero) is 1. The summed E-state index contributed by atoms with van der Waals surface area (Å²) in [5.41, 5.74) is 4.49. The molecular formula is C31H26ClN3O4. The molecule has 39 heavy (non-hydrogen) atoms. The van der Waals surface area contributed by atoms with Crippen molar-refractivity contribution in [2.24, 2.45) is 0 Å². The van der Waals surface area contributed by atoms with Crippen LogP contribution in [0.5, 0.6) is 0 Å². The van der Waals surface area contributed by atoms with Gasteiger partial charge in [-0.2, -0.15) is 0 Å². The molecule has 1 atom stereocenters. The Balaban J connectivity index is 1.50. The average molecular weight is 540 g/mol. The van der Waals surface area contributed by atoms with Crippen LogP contribution >= 0.6 is 11.6 Å². The van der Waals surface area contributed by atoms with Gasteiger partial charge in [-0.3, -0.25) is 14.5 Å². The molecule has 2 aromatic heterocycles. The molecule has 6 rings (SSSR count). The summed E-state index contributed by atoms with van der Waals surface area (Å²) < 4.78 is 5.82. The van der Waals surface area contributed by atoms with Crippen molar-refractivity contribution < 1.29 is 19.1 Å². The zero-order chi connectivity index (χ0) is 27.6.